The second-order valence-corrected chi connectivity index (χ2v) is 8.79. The summed E-state index contributed by atoms with van der Waals surface area (Å²) >= 11 is 0. The highest BCUT2D eigenvalue weighted by Gasteiger charge is 2.32. The van der Waals surface area contributed by atoms with Gasteiger partial charge in [-0.15, -0.1) is 0 Å². The van der Waals surface area contributed by atoms with Crippen LogP contribution in [-0.2, 0) is 4.74 Å². The quantitative estimate of drug-likeness (QED) is 0.848. The van der Waals surface area contributed by atoms with Gasteiger partial charge in [-0.2, -0.15) is 0 Å². The van der Waals surface area contributed by atoms with Crippen molar-refractivity contribution in [1.82, 2.24) is 10.2 Å². The second kappa shape index (κ2) is 7.87. The molecule has 134 valence electrons. The van der Waals surface area contributed by atoms with Crippen molar-refractivity contribution in [2.45, 2.75) is 78.4 Å². The monoisotopic (exact) mass is 324 g/mol. The summed E-state index contributed by atoms with van der Waals surface area (Å²) in [7, 11) is 0. The molecule has 0 bridgehead atoms. The summed E-state index contributed by atoms with van der Waals surface area (Å²) in [6.45, 7) is 13.2. The molecule has 0 aromatic carbocycles. The third kappa shape index (κ3) is 5.66. The van der Waals surface area contributed by atoms with Crippen LogP contribution in [0.25, 0.3) is 0 Å². The molecule has 0 aromatic heterocycles. The molecule has 1 aliphatic carbocycles. The largest absolute Gasteiger partial charge is 0.444 e. The lowest BCUT2D eigenvalue weighted by Crippen LogP contribution is -2.43. The van der Waals surface area contributed by atoms with Crippen molar-refractivity contribution in [2.75, 3.05) is 19.6 Å². The van der Waals surface area contributed by atoms with E-state index in [1.807, 2.05) is 25.7 Å². The predicted octanol–water partition coefficient (Wildman–Crippen LogP) is 4.05. The fourth-order valence-electron chi connectivity index (χ4n) is 4.02. The van der Waals surface area contributed by atoms with E-state index in [2.05, 4.69) is 19.2 Å². The smallest absolute Gasteiger partial charge is 0.410 e. The van der Waals surface area contributed by atoms with Crippen molar-refractivity contribution in [2.24, 2.45) is 17.8 Å². The van der Waals surface area contributed by atoms with E-state index in [9.17, 15) is 4.79 Å². The van der Waals surface area contributed by atoms with E-state index in [1.165, 1.54) is 25.7 Å². The van der Waals surface area contributed by atoms with Crippen LogP contribution in [0.5, 0.6) is 0 Å². The first kappa shape index (κ1) is 18.6. The van der Waals surface area contributed by atoms with Crippen molar-refractivity contribution in [3.8, 4) is 0 Å². The van der Waals surface area contributed by atoms with E-state index in [4.69, 9.17) is 4.74 Å². The van der Waals surface area contributed by atoms with E-state index in [1.54, 1.807) is 0 Å². The summed E-state index contributed by atoms with van der Waals surface area (Å²) in [5, 5.41) is 3.82. The molecule has 2 aliphatic rings. The molecule has 0 aromatic rings. The Labute approximate surface area is 142 Å². The SMILES string of the molecule is CC(C)C1CCCCC1NCC1CCN(C(=O)OC(C)(C)C)C1. The Morgan fingerprint density at radius 3 is 2.57 bits per heavy atom. The number of nitrogens with one attached hydrogen (secondary N) is 1. The van der Waals surface area contributed by atoms with Crippen LogP contribution in [0.1, 0.15) is 66.7 Å². The van der Waals surface area contributed by atoms with Gasteiger partial charge in [0.2, 0.25) is 0 Å². The zero-order valence-corrected chi connectivity index (χ0v) is 15.7. The minimum atomic E-state index is -0.403. The Hall–Kier alpha value is -0.770. The van der Waals surface area contributed by atoms with Crippen LogP contribution in [0, 0.1) is 17.8 Å². The summed E-state index contributed by atoms with van der Waals surface area (Å²) in [6, 6.07) is 0.666. The number of carbonyl (C=O) groups excluding carboxylic acids is 1. The summed E-state index contributed by atoms with van der Waals surface area (Å²) in [5.74, 6) is 2.14. The summed E-state index contributed by atoms with van der Waals surface area (Å²) in [6.07, 6.45) is 6.35. The number of ether oxygens (including phenoxy) is 1. The number of hydrogen-bond donors (Lipinski definition) is 1. The summed E-state index contributed by atoms with van der Waals surface area (Å²) in [5.41, 5.74) is -0.403. The van der Waals surface area contributed by atoms with Crippen LogP contribution in [0.4, 0.5) is 4.79 Å². The third-order valence-corrected chi connectivity index (χ3v) is 5.28. The van der Waals surface area contributed by atoms with Gasteiger partial charge in [0, 0.05) is 19.1 Å². The van der Waals surface area contributed by atoms with Gasteiger partial charge in [0.1, 0.15) is 5.60 Å². The van der Waals surface area contributed by atoms with Gasteiger partial charge < -0.3 is 15.0 Å². The lowest BCUT2D eigenvalue weighted by molar-refractivity contribution is 0.0288. The summed E-state index contributed by atoms with van der Waals surface area (Å²) in [4.78, 5) is 14.0. The van der Waals surface area contributed by atoms with Crippen LogP contribution < -0.4 is 5.32 Å². The van der Waals surface area contributed by atoms with Crippen LogP contribution in [0.3, 0.4) is 0 Å². The number of nitrogens with zero attached hydrogens (tertiary/aromatic N) is 1. The van der Waals surface area contributed by atoms with E-state index in [0.29, 0.717) is 12.0 Å². The molecule has 3 atom stereocenters. The first-order valence-corrected chi connectivity index (χ1v) is 9.47. The molecule has 1 saturated heterocycles. The Balaban J connectivity index is 1.76. The lowest BCUT2D eigenvalue weighted by Gasteiger charge is -2.35. The molecule has 2 fully saturated rings. The molecule has 3 unspecified atom stereocenters. The minimum Gasteiger partial charge on any atom is -0.444 e. The third-order valence-electron chi connectivity index (χ3n) is 5.28. The van der Waals surface area contributed by atoms with Gasteiger partial charge in [-0.1, -0.05) is 26.7 Å². The molecular formula is C19H36N2O2. The highest BCUT2D eigenvalue weighted by atomic mass is 16.6. The van der Waals surface area contributed by atoms with Crippen molar-refractivity contribution in [3.63, 3.8) is 0 Å². The van der Waals surface area contributed by atoms with E-state index < -0.39 is 5.60 Å². The van der Waals surface area contributed by atoms with Crippen LogP contribution in [0.15, 0.2) is 0 Å². The zero-order valence-electron chi connectivity index (χ0n) is 15.7. The van der Waals surface area contributed by atoms with Gasteiger partial charge in [0.25, 0.3) is 0 Å². The molecule has 4 heteroatoms. The molecule has 1 aliphatic heterocycles. The number of rotatable bonds is 4. The van der Waals surface area contributed by atoms with Crippen LogP contribution in [-0.4, -0.2) is 42.3 Å². The van der Waals surface area contributed by atoms with Crippen molar-refractivity contribution in [3.05, 3.63) is 0 Å². The molecule has 23 heavy (non-hydrogen) atoms. The Kier molecular flexibility index (Phi) is 6.35. The molecule has 0 spiro atoms. The molecule has 1 N–H and O–H groups in total. The van der Waals surface area contributed by atoms with Crippen molar-refractivity contribution >= 4 is 6.09 Å². The zero-order chi connectivity index (χ0) is 17.0. The number of hydrogen-bond acceptors (Lipinski definition) is 3. The van der Waals surface area contributed by atoms with Gasteiger partial charge in [-0.05, 0) is 64.3 Å². The van der Waals surface area contributed by atoms with Crippen molar-refractivity contribution < 1.29 is 9.53 Å². The van der Waals surface area contributed by atoms with Gasteiger partial charge >= 0.3 is 6.09 Å². The standard InChI is InChI=1S/C19H36N2O2/c1-14(2)16-8-6-7-9-17(16)20-12-15-10-11-21(13-15)18(22)23-19(3,4)5/h14-17,20H,6-13H2,1-5H3. The first-order chi connectivity index (χ1) is 10.8. The van der Waals surface area contributed by atoms with Crippen LogP contribution in [0.2, 0.25) is 0 Å². The number of likely N-dealkylation sites (tertiary alicyclic amines) is 1. The molecule has 4 nitrogen and oxygen atoms in total. The maximum Gasteiger partial charge on any atom is 0.410 e. The average molecular weight is 325 g/mol. The van der Waals surface area contributed by atoms with E-state index >= 15 is 0 Å². The van der Waals surface area contributed by atoms with E-state index in [-0.39, 0.29) is 6.09 Å². The molecule has 1 amide bonds. The van der Waals surface area contributed by atoms with E-state index in [0.717, 1.165) is 37.9 Å². The minimum absolute atomic E-state index is 0.155. The van der Waals surface area contributed by atoms with Gasteiger partial charge in [0.05, 0.1) is 0 Å². The highest BCUT2D eigenvalue weighted by Crippen LogP contribution is 2.30. The average Bonchev–Trinajstić information content (AvgIpc) is 2.92. The van der Waals surface area contributed by atoms with Gasteiger partial charge in [-0.25, -0.2) is 4.79 Å². The molecular weight excluding hydrogens is 288 g/mol. The highest BCUT2D eigenvalue weighted by molar-refractivity contribution is 5.68. The first-order valence-electron chi connectivity index (χ1n) is 9.47. The Morgan fingerprint density at radius 2 is 1.91 bits per heavy atom. The molecule has 1 saturated carbocycles. The van der Waals surface area contributed by atoms with Gasteiger partial charge in [-0.3, -0.25) is 0 Å². The predicted molar refractivity (Wildman–Crippen MR) is 94.5 cm³/mol. The second-order valence-electron chi connectivity index (χ2n) is 8.79. The molecule has 1 heterocycles. The number of amides is 1. The maximum absolute atomic E-state index is 12.1. The fourth-order valence-corrected chi connectivity index (χ4v) is 4.02. The van der Waals surface area contributed by atoms with Gasteiger partial charge in [0.15, 0.2) is 0 Å². The fraction of sp³-hybridized carbons (Fsp3) is 0.947. The normalized spacial score (nSPS) is 29.1. The Morgan fingerprint density at radius 1 is 1.22 bits per heavy atom. The topological polar surface area (TPSA) is 41.6 Å². The maximum atomic E-state index is 12.1. The van der Waals surface area contributed by atoms with Crippen molar-refractivity contribution in [1.29, 1.82) is 0 Å². The lowest BCUT2D eigenvalue weighted by atomic mass is 9.77. The van der Waals surface area contributed by atoms with Crippen LogP contribution >= 0.6 is 0 Å². The molecule has 2 rings (SSSR count). The Bertz CT molecular complexity index is 389. The number of carbonyl (C=O) groups is 1. The summed E-state index contributed by atoms with van der Waals surface area (Å²) < 4.78 is 5.48. The molecule has 0 radical (unpaired) electrons.